The number of carbonyl (C=O) groups is 1. The predicted octanol–water partition coefficient (Wildman–Crippen LogP) is 2.20. The zero-order valence-corrected chi connectivity index (χ0v) is 10.9. The van der Waals surface area contributed by atoms with Crippen LogP contribution in [0.15, 0.2) is 0 Å². The summed E-state index contributed by atoms with van der Waals surface area (Å²) in [7, 11) is 0. The summed E-state index contributed by atoms with van der Waals surface area (Å²) >= 11 is 0. The summed E-state index contributed by atoms with van der Waals surface area (Å²) in [5.74, 6) is 0.857. The molecule has 1 saturated carbocycles. The second-order valence-corrected chi connectivity index (χ2v) is 5.70. The molecule has 0 spiro atoms. The number of hydrogen-bond acceptors (Lipinski definition) is 2. The predicted molar refractivity (Wildman–Crippen MR) is 67.1 cm³/mol. The SMILES string of the molecule is CCCC1CCC(NC(=O)C(C)(C)N)CC1. The van der Waals surface area contributed by atoms with Crippen molar-refractivity contribution in [1.29, 1.82) is 0 Å². The number of hydrogen-bond donors (Lipinski definition) is 2. The third-order valence-corrected chi connectivity index (χ3v) is 3.46. The Kier molecular flexibility index (Phi) is 4.78. The first kappa shape index (κ1) is 13.5. The van der Waals surface area contributed by atoms with Gasteiger partial charge in [-0.05, 0) is 45.4 Å². The van der Waals surface area contributed by atoms with Gasteiger partial charge in [0.15, 0.2) is 0 Å². The number of nitrogens with one attached hydrogen (secondary N) is 1. The van der Waals surface area contributed by atoms with E-state index in [1.54, 1.807) is 13.8 Å². The first-order valence-electron chi connectivity index (χ1n) is 6.53. The van der Waals surface area contributed by atoms with E-state index in [0.29, 0.717) is 6.04 Å². The van der Waals surface area contributed by atoms with Crippen molar-refractivity contribution in [2.75, 3.05) is 0 Å². The molecule has 1 fully saturated rings. The van der Waals surface area contributed by atoms with Gasteiger partial charge in [-0.15, -0.1) is 0 Å². The van der Waals surface area contributed by atoms with Gasteiger partial charge in [-0.1, -0.05) is 19.8 Å². The van der Waals surface area contributed by atoms with Gasteiger partial charge in [0.2, 0.25) is 5.91 Å². The van der Waals surface area contributed by atoms with Crippen LogP contribution in [0.1, 0.15) is 59.3 Å². The minimum atomic E-state index is -0.750. The van der Waals surface area contributed by atoms with Gasteiger partial charge in [-0.25, -0.2) is 0 Å². The van der Waals surface area contributed by atoms with E-state index in [2.05, 4.69) is 12.2 Å². The number of nitrogens with two attached hydrogens (primary N) is 1. The Balaban J connectivity index is 2.30. The highest BCUT2D eigenvalue weighted by molar-refractivity contribution is 5.85. The van der Waals surface area contributed by atoms with Crippen molar-refractivity contribution in [3.8, 4) is 0 Å². The van der Waals surface area contributed by atoms with Crippen LogP contribution in [0.5, 0.6) is 0 Å². The first-order chi connectivity index (χ1) is 7.43. The van der Waals surface area contributed by atoms with Crippen LogP contribution >= 0.6 is 0 Å². The largest absolute Gasteiger partial charge is 0.352 e. The molecule has 1 aliphatic carbocycles. The quantitative estimate of drug-likeness (QED) is 0.772. The summed E-state index contributed by atoms with van der Waals surface area (Å²) in [5.41, 5.74) is 5.01. The van der Waals surface area contributed by atoms with Gasteiger partial charge in [0.25, 0.3) is 0 Å². The molecule has 3 N–H and O–H groups in total. The summed E-state index contributed by atoms with van der Waals surface area (Å²) in [4.78, 5) is 11.7. The maximum atomic E-state index is 11.7. The fourth-order valence-corrected chi connectivity index (χ4v) is 2.38. The van der Waals surface area contributed by atoms with E-state index in [-0.39, 0.29) is 5.91 Å². The van der Waals surface area contributed by atoms with E-state index < -0.39 is 5.54 Å². The fraction of sp³-hybridized carbons (Fsp3) is 0.923. The van der Waals surface area contributed by atoms with Gasteiger partial charge in [-0.2, -0.15) is 0 Å². The van der Waals surface area contributed by atoms with Gasteiger partial charge in [0.05, 0.1) is 5.54 Å². The van der Waals surface area contributed by atoms with Gasteiger partial charge >= 0.3 is 0 Å². The van der Waals surface area contributed by atoms with Crippen molar-refractivity contribution in [2.45, 2.75) is 70.9 Å². The molecule has 3 heteroatoms. The Bertz CT molecular complexity index is 225. The van der Waals surface area contributed by atoms with Crippen molar-refractivity contribution in [1.82, 2.24) is 5.32 Å². The lowest BCUT2D eigenvalue weighted by Gasteiger charge is -2.31. The summed E-state index contributed by atoms with van der Waals surface area (Å²) < 4.78 is 0. The van der Waals surface area contributed by atoms with E-state index in [4.69, 9.17) is 5.73 Å². The van der Waals surface area contributed by atoms with Crippen LogP contribution in [-0.4, -0.2) is 17.5 Å². The lowest BCUT2D eigenvalue weighted by molar-refractivity contribution is -0.126. The molecule has 1 aliphatic rings. The average molecular weight is 226 g/mol. The molecule has 94 valence electrons. The highest BCUT2D eigenvalue weighted by Crippen LogP contribution is 2.27. The maximum absolute atomic E-state index is 11.7. The average Bonchev–Trinajstić information content (AvgIpc) is 2.20. The smallest absolute Gasteiger partial charge is 0.239 e. The monoisotopic (exact) mass is 226 g/mol. The summed E-state index contributed by atoms with van der Waals surface area (Å²) in [6.07, 6.45) is 7.35. The molecule has 16 heavy (non-hydrogen) atoms. The molecule has 0 unspecified atom stereocenters. The van der Waals surface area contributed by atoms with Crippen LogP contribution < -0.4 is 11.1 Å². The van der Waals surface area contributed by atoms with Crippen molar-refractivity contribution in [2.24, 2.45) is 11.7 Å². The molecule has 0 saturated heterocycles. The lowest BCUT2D eigenvalue weighted by Crippen LogP contribution is -2.52. The standard InChI is InChI=1S/C13H26N2O/c1-4-5-10-6-8-11(9-7-10)15-12(16)13(2,3)14/h10-11H,4-9,14H2,1-3H3,(H,15,16). The first-order valence-corrected chi connectivity index (χ1v) is 6.53. The van der Waals surface area contributed by atoms with Crippen molar-refractivity contribution in [3.05, 3.63) is 0 Å². The van der Waals surface area contributed by atoms with Crippen molar-refractivity contribution < 1.29 is 4.79 Å². The molecule has 0 aromatic rings. The van der Waals surface area contributed by atoms with E-state index >= 15 is 0 Å². The molecule has 0 aromatic carbocycles. The maximum Gasteiger partial charge on any atom is 0.239 e. The number of rotatable bonds is 4. The van der Waals surface area contributed by atoms with E-state index in [1.165, 1.54) is 25.7 Å². The Morgan fingerprint density at radius 2 is 1.88 bits per heavy atom. The molecule has 1 amide bonds. The second kappa shape index (κ2) is 5.67. The van der Waals surface area contributed by atoms with Gasteiger partial charge in [-0.3, -0.25) is 4.79 Å². The minimum Gasteiger partial charge on any atom is -0.352 e. The molecule has 0 aliphatic heterocycles. The lowest BCUT2D eigenvalue weighted by atomic mass is 9.83. The molecular formula is C13H26N2O. The Hall–Kier alpha value is -0.570. The van der Waals surface area contributed by atoms with Gasteiger partial charge < -0.3 is 11.1 Å². The molecule has 0 aromatic heterocycles. The Morgan fingerprint density at radius 1 is 1.31 bits per heavy atom. The van der Waals surface area contributed by atoms with Crippen LogP contribution in [0.2, 0.25) is 0 Å². The zero-order chi connectivity index (χ0) is 12.2. The van der Waals surface area contributed by atoms with Crippen LogP contribution in [0, 0.1) is 5.92 Å². The number of carbonyl (C=O) groups excluding carboxylic acids is 1. The van der Waals surface area contributed by atoms with Crippen LogP contribution in [0.25, 0.3) is 0 Å². The molecule has 0 heterocycles. The molecule has 3 nitrogen and oxygen atoms in total. The second-order valence-electron chi connectivity index (χ2n) is 5.70. The summed E-state index contributed by atoms with van der Waals surface area (Å²) in [5, 5.41) is 3.06. The third kappa shape index (κ3) is 4.12. The van der Waals surface area contributed by atoms with Crippen LogP contribution in [0.4, 0.5) is 0 Å². The van der Waals surface area contributed by atoms with Gasteiger partial charge in [0, 0.05) is 6.04 Å². The molecule has 0 atom stereocenters. The molecule has 0 radical (unpaired) electrons. The van der Waals surface area contributed by atoms with Gasteiger partial charge in [0.1, 0.15) is 0 Å². The molecular weight excluding hydrogens is 200 g/mol. The van der Waals surface area contributed by atoms with Crippen LogP contribution in [-0.2, 0) is 4.79 Å². The fourth-order valence-electron chi connectivity index (χ4n) is 2.38. The highest BCUT2D eigenvalue weighted by Gasteiger charge is 2.27. The van der Waals surface area contributed by atoms with E-state index in [0.717, 1.165) is 18.8 Å². The zero-order valence-electron chi connectivity index (χ0n) is 10.9. The molecule has 1 rings (SSSR count). The van der Waals surface area contributed by atoms with E-state index in [1.807, 2.05) is 0 Å². The molecule has 0 bridgehead atoms. The number of amides is 1. The normalized spacial score (nSPS) is 26.5. The Labute approximate surface area is 99.2 Å². The van der Waals surface area contributed by atoms with Crippen LogP contribution in [0.3, 0.4) is 0 Å². The topological polar surface area (TPSA) is 55.1 Å². The van der Waals surface area contributed by atoms with Crippen molar-refractivity contribution in [3.63, 3.8) is 0 Å². The highest BCUT2D eigenvalue weighted by atomic mass is 16.2. The summed E-state index contributed by atoms with van der Waals surface area (Å²) in [6.45, 7) is 5.75. The van der Waals surface area contributed by atoms with E-state index in [9.17, 15) is 4.79 Å². The third-order valence-electron chi connectivity index (χ3n) is 3.46. The van der Waals surface area contributed by atoms with Crippen molar-refractivity contribution >= 4 is 5.91 Å². The summed E-state index contributed by atoms with van der Waals surface area (Å²) in [6, 6.07) is 0.350. The minimum absolute atomic E-state index is 0.0218. The Morgan fingerprint density at radius 3 is 2.31 bits per heavy atom.